The van der Waals surface area contributed by atoms with E-state index in [4.69, 9.17) is 16.3 Å². The summed E-state index contributed by atoms with van der Waals surface area (Å²) < 4.78 is 5.55. The number of nitro groups is 1. The Balaban J connectivity index is 2.11. The Labute approximate surface area is 114 Å². The van der Waals surface area contributed by atoms with Gasteiger partial charge in [0.25, 0.3) is 11.6 Å². The zero-order chi connectivity index (χ0) is 14.0. The average Bonchev–Trinajstić information content (AvgIpc) is 2.86. The summed E-state index contributed by atoms with van der Waals surface area (Å²) in [6.45, 7) is 2.69. The van der Waals surface area contributed by atoms with E-state index in [9.17, 15) is 14.9 Å². The Bertz CT molecular complexity index is 490. The zero-order valence-electron chi connectivity index (χ0n) is 10.3. The van der Waals surface area contributed by atoms with Crippen molar-refractivity contribution in [2.75, 3.05) is 19.0 Å². The predicted molar refractivity (Wildman–Crippen MR) is 68.4 cm³/mol. The smallest absolute Gasteiger partial charge is 0.287 e. The van der Waals surface area contributed by atoms with Crippen LogP contribution in [0.4, 0.5) is 5.69 Å². The molecule has 0 spiro atoms. The fourth-order valence-electron chi connectivity index (χ4n) is 2.08. The Morgan fingerprint density at radius 3 is 3.00 bits per heavy atom. The Morgan fingerprint density at radius 1 is 1.68 bits per heavy atom. The molecule has 1 N–H and O–H groups in total. The number of ether oxygens (including phenoxy) is 1. The lowest BCUT2D eigenvalue weighted by molar-refractivity contribution is -0.384. The van der Waals surface area contributed by atoms with Crippen LogP contribution in [0.3, 0.4) is 0 Å². The summed E-state index contributed by atoms with van der Waals surface area (Å²) in [5.74, 6) is 0.0253. The van der Waals surface area contributed by atoms with Gasteiger partial charge in [-0.15, -0.1) is 11.6 Å². The fourth-order valence-corrected chi connectivity index (χ4v) is 2.25. The molecular weight excluding hydrogens is 274 g/mol. The average molecular weight is 288 g/mol. The summed E-state index contributed by atoms with van der Waals surface area (Å²) in [4.78, 5) is 26.5. The predicted octanol–water partition coefficient (Wildman–Crippen LogP) is 1.39. The van der Waals surface area contributed by atoms with Gasteiger partial charge in [-0.3, -0.25) is 14.9 Å². The number of aromatic amines is 1. The van der Waals surface area contributed by atoms with Crippen molar-refractivity contribution in [2.24, 2.45) is 0 Å². The van der Waals surface area contributed by atoms with Crippen molar-refractivity contribution in [3.63, 3.8) is 0 Å². The molecule has 1 aromatic heterocycles. The third kappa shape index (κ3) is 3.05. The van der Waals surface area contributed by atoms with E-state index in [0.717, 1.165) is 0 Å². The molecule has 2 atom stereocenters. The van der Waals surface area contributed by atoms with Crippen LogP contribution in [-0.4, -0.2) is 51.9 Å². The van der Waals surface area contributed by atoms with Gasteiger partial charge in [0.1, 0.15) is 5.69 Å². The van der Waals surface area contributed by atoms with Crippen LogP contribution in [0.25, 0.3) is 0 Å². The summed E-state index contributed by atoms with van der Waals surface area (Å²) in [5, 5.41) is 10.6. The van der Waals surface area contributed by atoms with Crippen molar-refractivity contribution in [2.45, 2.75) is 19.1 Å². The largest absolute Gasteiger partial charge is 0.370 e. The number of nitrogens with zero attached hydrogens (tertiary/aromatic N) is 2. The third-order valence-electron chi connectivity index (χ3n) is 2.89. The van der Waals surface area contributed by atoms with E-state index in [1.807, 2.05) is 6.92 Å². The van der Waals surface area contributed by atoms with Crippen LogP contribution in [0.2, 0.25) is 0 Å². The van der Waals surface area contributed by atoms with Gasteiger partial charge in [0.05, 0.1) is 29.2 Å². The lowest BCUT2D eigenvalue weighted by Crippen LogP contribution is -2.49. The number of alkyl halides is 1. The topological polar surface area (TPSA) is 88.5 Å². The minimum absolute atomic E-state index is 0.105. The maximum absolute atomic E-state index is 12.2. The molecule has 1 aromatic rings. The van der Waals surface area contributed by atoms with E-state index in [1.165, 1.54) is 12.3 Å². The standard InChI is InChI=1S/C11H14ClN3O4/c1-7-5-14(6-9(3-12)19-7)11(16)10-2-8(4-13-10)15(17)18/h2,4,7,9,13H,3,5-6H2,1H3. The van der Waals surface area contributed by atoms with Gasteiger partial charge < -0.3 is 14.6 Å². The summed E-state index contributed by atoms with van der Waals surface area (Å²) >= 11 is 5.75. The Hall–Kier alpha value is -1.60. The molecule has 0 aromatic carbocycles. The molecule has 19 heavy (non-hydrogen) atoms. The number of H-pyrrole nitrogens is 1. The molecule has 7 nitrogen and oxygen atoms in total. The molecule has 8 heteroatoms. The van der Waals surface area contributed by atoms with E-state index in [0.29, 0.717) is 19.0 Å². The zero-order valence-corrected chi connectivity index (χ0v) is 11.1. The van der Waals surface area contributed by atoms with Gasteiger partial charge >= 0.3 is 0 Å². The monoisotopic (exact) mass is 287 g/mol. The molecular formula is C11H14ClN3O4. The fraction of sp³-hybridized carbons (Fsp3) is 0.545. The van der Waals surface area contributed by atoms with Crippen molar-refractivity contribution in [1.29, 1.82) is 0 Å². The number of nitrogens with one attached hydrogen (secondary N) is 1. The van der Waals surface area contributed by atoms with Crippen LogP contribution in [-0.2, 0) is 4.74 Å². The summed E-state index contributed by atoms with van der Waals surface area (Å²) in [7, 11) is 0. The molecule has 0 bridgehead atoms. The van der Waals surface area contributed by atoms with Gasteiger partial charge in [0, 0.05) is 19.2 Å². The first-order chi connectivity index (χ1) is 9.01. The van der Waals surface area contributed by atoms with Crippen LogP contribution in [0.1, 0.15) is 17.4 Å². The summed E-state index contributed by atoms with van der Waals surface area (Å²) in [6.07, 6.45) is 0.890. The van der Waals surface area contributed by atoms with Gasteiger partial charge in [-0.2, -0.15) is 0 Å². The highest BCUT2D eigenvalue weighted by molar-refractivity contribution is 6.18. The minimum Gasteiger partial charge on any atom is -0.370 e. The van der Waals surface area contributed by atoms with Gasteiger partial charge in [-0.05, 0) is 6.92 Å². The molecule has 1 saturated heterocycles. The second-order valence-corrected chi connectivity index (χ2v) is 4.77. The highest BCUT2D eigenvalue weighted by Gasteiger charge is 2.29. The van der Waals surface area contributed by atoms with Crippen molar-refractivity contribution in [3.8, 4) is 0 Å². The van der Waals surface area contributed by atoms with Crippen LogP contribution >= 0.6 is 11.6 Å². The van der Waals surface area contributed by atoms with Crippen LogP contribution < -0.4 is 0 Å². The van der Waals surface area contributed by atoms with Crippen molar-refractivity contribution < 1.29 is 14.5 Å². The van der Waals surface area contributed by atoms with Gasteiger partial charge in [0.2, 0.25) is 0 Å². The number of carbonyl (C=O) groups is 1. The molecule has 0 saturated carbocycles. The van der Waals surface area contributed by atoms with E-state index >= 15 is 0 Å². The third-order valence-corrected chi connectivity index (χ3v) is 3.24. The normalized spacial score (nSPS) is 23.4. The second-order valence-electron chi connectivity index (χ2n) is 4.46. The van der Waals surface area contributed by atoms with E-state index < -0.39 is 4.92 Å². The number of halogens is 1. The molecule has 0 radical (unpaired) electrons. The molecule has 2 rings (SSSR count). The van der Waals surface area contributed by atoms with Gasteiger partial charge in [0.15, 0.2) is 0 Å². The van der Waals surface area contributed by atoms with E-state index in [2.05, 4.69) is 4.98 Å². The highest BCUT2D eigenvalue weighted by atomic mass is 35.5. The lowest BCUT2D eigenvalue weighted by Gasteiger charge is -2.35. The SMILES string of the molecule is CC1CN(C(=O)c2cc([N+](=O)[O-])c[nH]2)CC(CCl)O1. The molecule has 0 aliphatic carbocycles. The van der Waals surface area contributed by atoms with Crippen molar-refractivity contribution in [3.05, 3.63) is 28.1 Å². The van der Waals surface area contributed by atoms with Crippen LogP contribution in [0.5, 0.6) is 0 Å². The molecule has 104 valence electrons. The highest BCUT2D eigenvalue weighted by Crippen LogP contribution is 2.18. The number of rotatable bonds is 3. The van der Waals surface area contributed by atoms with Crippen molar-refractivity contribution in [1.82, 2.24) is 9.88 Å². The quantitative estimate of drug-likeness (QED) is 0.517. The van der Waals surface area contributed by atoms with Gasteiger partial charge in [-0.25, -0.2) is 0 Å². The number of hydrogen-bond acceptors (Lipinski definition) is 4. The maximum Gasteiger partial charge on any atom is 0.287 e. The lowest BCUT2D eigenvalue weighted by atomic mass is 10.2. The first-order valence-electron chi connectivity index (χ1n) is 5.84. The number of morpholine rings is 1. The maximum atomic E-state index is 12.2. The van der Waals surface area contributed by atoms with Crippen LogP contribution in [0, 0.1) is 10.1 Å². The number of hydrogen-bond donors (Lipinski definition) is 1. The first-order valence-corrected chi connectivity index (χ1v) is 6.38. The molecule has 2 heterocycles. The van der Waals surface area contributed by atoms with E-state index in [1.54, 1.807) is 4.90 Å². The first kappa shape index (κ1) is 13.8. The van der Waals surface area contributed by atoms with E-state index in [-0.39, 0.29) is 29.5 Å². The summed E-state index contributed by atoms with van der Waals surface area (Å²) in [5.41, 5.74) is 0.0765. The van der Waals surface area contributed by atoms with Gasteiger partial charge in [-0.1, -0.05) is 0 Å². The number of aromatic nitrogens is 1. The number of amides is 1. The number of carbonyl (C=O) groups excluding carboxylic acids is 1. The molecule has 1 aliphatic heterocycles. The molecule has 1 aliphatic rings. The Kier molecular flexibility index (Phi) is 4.06. The molecule has 2 unspecified atom stereocenters. The summed E-state index contributed by atoms with van der Waals surface area (Å²) in [6, 6.07) is 1.23. The molecule has 1 fully saturated rings. The van der Waals surface area contributed by atoms with Crippen LogP contribution in [0.15, 0.2) is 12.3 Å². The van der Waals surface area contributed by atoms with Crippen molar-refractivity contribution >= 4 is 23.2 Å². The second kappa shape index (κ2) is 5.58. The Morgan fingerprint density at radius 2 is 2.42 bits per heavy atom. The minimum atomic E-state index is -0.545. The molecule has 1 amide bonds.